The second-order valence-corrected chi connectivity index (χ2v) is 15.2. The third-order valence-electron chi connectivity index (χ3n) is 9.53. The molecule has 13 nitrogen and oxygen atoms in total. The van der Waals surface area contributed by atoms with Gasteiger partial charge in [0.2, 0.25) is 0 Å². The van der Waals surface area contributed by atoms with Crippen LogP contribution in [0, 0.1) is 0 Å². The molecule has 4 atom stereocenters. The van der Waals surface area contributed by atoms with Gasteiger partial charge in [-0.05, 0) is 98.2 Å². The molecule has 294 valence electrons. The molecule has 1 aromatic heterocycles. The molecule has 0 aliphatic heterocycles. The number of carbonyl (C=O) groups is 2. The van der Waals surface area contributed by atoms with E-state index >= 15 is 0 Å². The van der Waals surface area contributed by atoms with Crippen LogP contribution in [-0.4, -0.2) is 117 Å². The molecule has 15 heteroatoms. The smallest absolute Gasteiger partial charge is 0.407 e. The molecule has 0 saturated heterocycles. The van der Waals surface area contributed by atoms with Crippen molar-refractivity contribution >= 4 is 35.4 Å². The van der Waals surface area contributed by atoms with Crippen molar-refractivity contribution in [3.63, 3.8) is 0 Å². The quantitative estimate of drug-likeness (QED) is 0.0579. The molecule has 54 heavy (non-hydrogen) atoms. The van der Waals surface area contributed by atoms with Gasteiger partial charge < -0.3 is 50.5 Å². The van der Waals surface area contributed by atoms with Gasteiger partial charge in [0.05, 0.1) is 19.3 Å². The normalized spacial score (nSPS) is 16.9. The van der Waals surface area contributed by atoms with Crippen LogP contribution >= 0.6 is 23.4 Å². The van der Waals surface area contributed by atoms with Crippen molar-refractivity contribution in [1.29, 1.82) is 0 Å². The molecule has 0 radical (unpaired) electrons. The van der Waals surface area contributed by atoms with Crippen LogP contribution < -0.4 is 15.4 Å². The summed E-state index contributed by atoms with van der Waals surface area (Å²) in [7, 11) is 0. The number of para-hydroxylation sites is 1. The number of halogens is 1. The lowest BCUT2D eigenvalue weighted by atomic mass is 9.94. The Labute approximate surface area is 325 Å². The second kappa shape index (κ2) is 19.9. The van der Waals surface area contributed by atoms with Gasteiger partial charge in [0.25, 0.3) is 5.91 Å². The fraction of sp³-hybridized carbons (Fsp3) is 0.513. The van der Waals surface area contributed by atoms with E-state index in [0.717, 1.165) is 58.6 Å². The lowest BCUT2D eigenvalue weighted by Gasteiger charge is -2.30. The molecular formula is C39H51ClN4O9S. The van der Waals surface area contributed by atoms with Gasteiger partial charge in [-0.25, -0.2) is 4.79 Å². The van der Waals surface area contributed by atoms with Crippen LogP contribution in [0.4, 0.5) is 4.79 Å². The number of aliphatic hydroxyl groups is 5. The number of nitrogens with one attached hydrogen (secondary N) is 2. The minimum atomic E-state index is -2.04. The van der Waals surface area contributed by atoms with Gasteiger partial charge in [0.1, 0.15) is 24.1 Å². The fourth-order valence-corrected chi connectivity index (χ4v) is 7.23. The van der Waals surface area contributed by atoms with Crippen LogP contribution in [0.25, 0.3) is 11.1 Å². The van der Waals surface area contributed by atoms with Gasteiger partial charge in [0.15, 0.2) is 6.10 Å². The molecule has 3 aromatic rings. The maximum Gasteiger partial charge on any atom is 0.407 e. The fourth-order valence-electron chi connectivity index (χ4n) is 6.15. The summed E-state index contributed by atoms with van der Waals surface area (Å²) in [5, 5.41) is 56.8. The van der Waals surface area contributed by atoms with Crippen LogP contribution in [0.15, 0.2) is 65.8 Å². The maximum absolute atomic E-state index is 13.2. The number of pyridine rings is 1. The molecular weight excluding hydrogens is 736 g/mol. The van der Waals surface area contributed by atoms with Gasteiger partial charge in [-0.1, -0.05) is 29.8 Å². The number of carbonyl (C=O) groups excluding carboxylic acids is 2. The number of ether oxygens (including phenoxy) is 2. The topological polar surface area (TPSA) is 194 Å². The van der Waals surface area contributed by atoms with E-state index in [-0.39, 0.29) is 37.9 Å². The van der Waals surface area contributed by atoms with Gasteiger partial charge >= 0.3 is 6.09 Å². The summed E-state index contributed by atoms with van der Waals surface area (Å²) < 4.78 is 11.1. The van der Waals surface area contributed by atoms with Crippen molar-refractivity contribution < 1.29 is 44.6 Å². The van der Waals surface area contributed by atoms with Gasteiger partial charge in [-0.2, -0.15) is 0 Å². The van der Waals surface area contributed by atoms with Crippen LogP contribution in [0.5, 0.6) is 5.75 Å². The third-order valence-corrected chi connectivity index (χ3v) is 11.0. The maximum atomic E-state index is 13.2. The van der Waals surface area contributed by atoms with Crippen LogP contribution in [0.1, 0.15) is 56.6 Å². The minimum absolute atomic E-state index is 0.134. The van der Waals surface area contributed by atoms with E-state index in [1.54, 1.807) is 18.7 Å². The number of hydrogen-bond donors (Lipinski definition) is 7. The van der Waals surface area contributed by atoms with E-state index in [0.29, 0.717) is 30.2 Å². The predicted molar refractivity (Wildman–Crippen MR) is 205 cm³/mol. The molecule has 5 rings (SSSR count). The molecule has 2 saturated carbocycles. The van der Waals surface area contributed by atoms with Crippen LogP contribution in [0.2, 0.25) is 5.02 Å². The number of benzene rings is 2. The van der Waals surface area contributed by atoms with Crippen molar-refractivity contribution in [1.82, 2.24) is 20.5 Å². The molecule has 7 N–H and O–H groups in total. The first-order chi connectivity index (χ1) is 26.1. The van der Waals surface area contributed by atoms with Crippen molar-refractivity contribution in [2.75, 3.05) is 38.6 Å². The van der Waals surface area contributed by atoms with E-state index in [1.807, 2.05) is 42.7 Å². The third kappa shape index (κ3) is 11.3. The Morgan fingerprint density at radius 3 is 2.52 bits per heavy atom. The number of aromatic nitrogens is 1. The highest BCUT2D eigenvalue weighted by Gasteiger charge is 2.46. The number of alkyl carbamates (subject to hydrolysis) is 1. The zero-order valence-electron chi connectivity index (χ0n) is 30.4. The number of aliphatic hydroxyl groups excluding tert-OH is 5. The van der Waals surface area contributed by atoms with Crippen LogP contribution in [0.3, 0.4) is 0 Å². The standard InChI is InChI=1S/C39H51ClN4O9S/c1-2-52-38(51)42-16-5-18-44(37(50)36(49)35(48)34(47)32(46)24-45)19-6-20-54-27-11-12-31(40)25(21-27)22-43-39(14-15-39)30-23-41-17-13-28(30)29-7-3-4-8-33(29)53-26-9-10-26/h3-4,7-8,11-13,17,21,23,26,32,34-36,43,45-49H,2,5-6,9-10,14-16,18-20,22,24H2,1H3,(H,42,51)/t32-,34+,35-,36-/m0/s1. The lowest BCUT2D eigenvalue weighted by Crippen LogP contribution is -2.53. The zero-order chi connectivity index (χ0) is 38.7. The molecule has 0 bridgehead atoms. The Balaban J connectivity index is 1.18. The number of amides is 2. The van der Waals surface area contributed by atoms with Crippen molar-refractivity contribution in [3.05, 3.63) is 77.1 Å². The highest BCUT2D eigenvalue weighted by Crippen LogP contribution is 2.50. The van der Waals surface area contributed by atoms with E-state index in [2.05, 4.69) is 33.8 Å². The van der Waals surface area contributed by atoms with Crippen molar-refractivity contribution in [2.24, 2.45) is 0 Å². The Morgan fingerprint density at radius 2 is 1.80 bits per heavy atom. The van der Waals surface area contributed by atoms with E-state index in [1.165, 1.54) is 4.90 Å². The summed E-state index contributed by atoms with van der Waals surface area (Å²) in [5.74, 6) is 0.646. The molecule has 2 aliphatic carbocycles. The van der Waals surface area contributed by atoms with Crippen LogP contribution in [-0.2, 0) is 21.6 Å². The Bertz CT molecular complexity index is 1700. The highest BCUT2D eigenvalue weighted by molar-refractivity contribution is 7.99. The zero-order valence-corrected chi connectivity index (χ0v) is 32.0. The summed E-state index contributed by atoms with van der Waals surface area (Å²) in [4.78, 5) is 31.7. The average Bonchev–Trinajstić information content (AvgIpc) is 4.14. The summed E-state index contributed by atoms with van der Waals surface area (Å²) in [6, 6.07) is 16.1. The summed E-state index contributed by atoms with van der Waals surface area (Å²) >= 11 is 8.27. The lowest BCUT2D eigenvalue weighted by molar-refractivity contribution is -0.158. The Kier molecular flexibility index (Phi) is 15.4. The Morgan fingerprint density at radius 1 is 1.04 bits per heavy atom. The second-order valence-electron chi connectivity index (χ2n) is 13.6. The molecule has 0 unspecified atom stereocenters. The van der Waals surface area contributed by atoms with E-state index in [9.17, 15) is 30.0 Å². The summed E-state index contributed by atoms with van der Waals surface area (Å²) in [6.07, 6.45) is 0.658. The number of hydrogen-bond acceptors (Lipinski definition) is 12. The van der Waals surface area contributed by atoms with Crippen molar-refractivity contribution in [2.45, 2.75) is 92.9 Å². The van der Waals surface area contributed by atoms with Gasteiger partial charge in [-0.15, -0.1) is 11.8 Å². The molecule has 2 aliphatic rings. The molecule has 2 fully saturated rings. The first kappa shape index (κ1) is 41.7. The predicted octanol–water partition coefficient (Wildman–Crippen LogP) is 3.61. The Hall–Kier alpha value is -3.47. The first-order valence-corrected chi connectivity index (χ1v) is 19.8. The monoisotopic (exact) mass is 786 g/mol. The number of thioether (sulfide) groups is 1. The van der Waals surface area contributed by atoms with E-state index < -0.39 is 43.0 Å². The van der Waals surface area contributed by atoms with E-state index in [4.69, 9.17) is 26.2 Å². The first-order valence-electron chi connectivity index (χ1n) is 18.5. The van der Waals surface area contributed by atoms with Gasteiger partial charge in [-0.3, -0.25) is 9.78 Å². The largest absolute Gasteiger partial charge is 0.490 e. The molecule has 2 amide bonds. The summed E-state index contributed by atoms with van der Waals surface area (Å²) in [5.41, 5.74) is 4.00. The minimum Gasteiger partial charge on any atom is -0.490 e. The average molecular weight is 787 g/mol. The molecule has 1 heterocycles. The summed E-state index contributed by atoms with van der Waals surface area (Å²) in [6.45, 7) is 2.12. The van der Waals surface area contributed by atoms with Gasteiger partial charge in [0, 0.05) is 59.6 Å². The van der Waals surface area contributed by atoms with Crippen molar-refractivity contribution in [3.8, 4) is 16.9 Å². The number of nitrogens with zero attached hydrogens (tertiary/aromatic N) is 2. The highest BCUT2D eigenvalue weighted by atomic mass is 35.5. The number of rotatable bonds is 22. The molecule has 0 spiro atoms. The molecule has 2 aromatic carbocycles. The SMILES string of the molecule is CCOC(=O)NCCCN(CCCSc1ccc(Cl)c(CNC2(c3cnccc3-c3ccccc3OC3CC3)CC2)c1)C(=O)[C@@H](O)[C@@H](O)[C@H](O)[C@@H](O)CO.